The summed E-state index contributed by atoms with van der Waals surface area (Å²) in [5.41, 5.74) is 0.178. The van der Waals surface area contributed by atoms with Crippen molar-refractivity contribution in [1.29, 1.82) is 0 Å². The fraction of sp³-hybridized carbons (Fsp3) is 0.500. The standard InChI is InChI=1S/C16H24N2O5/c1-11(13(19)18-15(21)23-16(2,3)4)17-14(20)22-10-12-8-6-5-7-9-12/h5-9,11,13,19H,10H2,1-4H3,(H,17,20)(H,18,21)/t11-,13?/m0/s1. The average Bonchev–Trinajstić information content (AvgIpc) is 2.44. The quantitative estimate of drug-likeness (QED) is 0.721. The van der Waals surface area contributed by atoms with Crippen molar-refractivity contribution in [2.24, 2.45) is 0 Å². The van der Waals surface area contributed by atoms with Crippen LogP contribution >= 0.6 is 0 Å². The normalized spacial score (nSPS) is 13.6. The summed E-state index contributed by atoms with van der Waals surface area (Å²) in [4.78, 5) is 23.2. The molecule has 3 N–H and O–H groups in total. The molecule has 0 bridgehead atoms. The highest BCUT2D eigenvalue weighted by Gasteiger charge is 2.22. The number of hydrogen-bond donors (Lipinski definition) is 3. The SMILES string of the molecule is C[C@H](NC(=O)OCc1ccccc1)C(O)NC(=O)OC(C)(C)C. The molecule has 2 atom stereocenters. The minimum atomic E-state index is -1.30. The van der Waals surface area contributed by atoms with Crippen molar-refractivity contribution < 1.29 is 24.2 Å². The van der Waals surface area contributed by atoms with Crippen LogP contribution in [0.2, 0.25) is 0 Å². The third-order valence-electron chi connectivity index (χ3n) is 2.70. The third-order valence-corrected chi connectivity index (χ3v) is 2.70. The molecular weight excluding hydrogens is 300 g/mol. The lowest BCUT2D eigenvalue weighted by Crippen LogP contribution is -2.51. The Morgan fingerprint density at radius 1 is 1.13 bits per heavy atom. The van der Waals surface area contributed by atoms with E-state index in [4.69, 9.17) is 9.47 Å². The van der Waals surface area contributed by atoms with Crippen LogP contribution in [0.1, 0.15) is 33.3 Å². The first-order chi connectivity index (χ1) is 10.7. The Hall–Kier alpha value is -2.28. The van der Waals surface area contributed by atoms with E-state index in [1.165, 1.54) is 6.92 Å². The van der Waals surface area contributed by atoms with Gasteiger partial charge in [0.15, 0.2) is 0 Å². The molecule has 0 heterocycles. The monoisotopic (exact) mass is 324 g/mol. The summed E-state index contributed by atoms with van der Waals surface area (Å²) in [6.45, 7) is 6.78. The van der Waals surface area contributed by atoms with Crippen molar-refractivity contribution in [3.63, 3.8) is 0 Å². The van der Waals surface area contributed by atoms with Gasteiger partial charge in [-0.15, -0.1) is 0 Å². The van der Waals surface area contributed by atoms with Gasteiger partial charge in [0, 0.05) is 0 Å². The first-order valence-electron chi connectivity index (χ1n) is 7.32. The molecule has 0 aliphatic rings. The van der Waals surface area contributed by atoms with Gasteiger partial charge in [0.05, 0.1) is 6.04 Å². The van der Waals surface area contributed by atoms with Crippen molar-refractivity contribution in [3.8, 4) is 0 Å². The van der Waals surface area contributed by atoms with Crippen molar-refractivity contribution in [2.45, 2.75) is 52.2 Å². The van der Waals surface area contributed by atoms with E-state index in [-0.39, 0.29) is 6.61 Å². The van der Waals surface area contributed by atoms with Crippen LogP contribution in [0.25, 0.3) is 0 Å². The lowest BCUT2D eigenvalue weighted by molar-refractivity contribution is 0.0285. The second-order valence-electron chi connectivity index (χ2n) is 6.09. The zero-order valence-electron chi connectivity index (χ0n) is 13.8. The number of nitrogens with one attached hydrogen (secondary N) is 2. The predicted molar refractivity (Wildman–Crippen MR) is 84.6 cm³/mol. The van der Waals surface area contributed by atoms with Crippen LogP contribution in [0.3, 0.4) is 0 Å². The molecule has 7 nitrogen and oxygen atoms in total. The molecule has 23 heavy (non-hydrogen) atoms. The number of ether oxygens (including phenoxy) is 2. The van der Waals surface area contributed by atoms with Crippen LogP contribution in [-0.2, 0) is 16.1 Å². The first-order valence-corrected chi connectivity index (χ1v) is 7.32. The summed E-state index contributed by atoms with van der Waals surface area (Å²) in [6, 6.07) is 8.46. The van der Waals surface area contributed by atoms with Gasteiger partial charge < -0.3 is 19.9 Å². The van der Waals surface area contributed by atoms with E-state index >= 15 is 0 Å². The molecule has 0 fully saturated rings. The molecule has 1 rings (SSSR count). The second-order valence-corrected chi connectivity index (χ2v) is 6.09. The summed E-state index contributed by atoms with van der Waals surface area (Å²) in [7, 11) is 0. The van der Waals surface area contributed by atoms with E-state index in [0.29, 0.717) is 0 Å². The summed E-state index contributed by atoms with van der Waals surface area (Å²) in [6.07, 6.45) is -2.75. The molecule has 2 amide bonds. The van der Waals surface area contributed by atoms with E-state index in [0.717, 1.165) is 5.56 Å². The van der Waals surface area contributed by atoms with E-state index < -0.39 is 30.1 Å². The lowest BCUT2D eigenvalue weighted by Gasteiger charge is -2.24. The highest BCUT2D eigenvalue weighted by Crippen LogP contribution is 2.07. The maximum atomic E-state index is 11.7. The first kappa shape index (κ1) is 18.8. The van der Waals surface area contributed by atoms with Crippen LogP contribution in [-0.4, -0.2) is 35.2 Å². The van der Waals surface area contributed by atoms with Gasteiger partial charge in [-0.25, -0.2) is 9.59 Å². The molecule has 0 radical (unpaired) electrons. The molecule has 128 valence electrons. The van der Waals surface area contributed by atoms with Crippen molar-refractivity contribution in [1.82, 2.24) is 10.6 Å². The Kier molecular flexibility index (Phi) is 6.84. The number of carbonyl (C=O) groups is 2. The number of benzene rings is 1. The summed E-state index contributed by atoms with van der Waals surface area (Å²) in [5, 5.41) is 14.5. The predicted octanol–water partition coefficient (Wildman–Crippen LogP) is 2.14. The summed E-state index contributed by atoms with van der Waals surface area (Å²) >= 11 is 0. The van der Waals surface area contributed by atoms with Crippen molar-refractivity contribution >= 4 is 12.2 Å². The van der Waals surface area contributed by atoms with E-state index in [9.17, 15) is 14.7 Å². The number of carbonyl (C=O) groups excluding carboxylic acids is 2. The number of amides is 2. The summed E-state index contributed by atoms with van der Waals surface area (Å²) < 4.78 is 10.0. The Bertz CT molecular complexity index is 513. The van der Waals surface area contributed by atoms with Gasteiger partial charge in [-0.1, -0.05) is 30.3 Å². The van der Waals surface area contributed by atoms with Gasteiger partial charge in [0.25, 0.3) is 0 Å². The molecule has 0 aliphatic heterocycles. The van der Waals surface area contributed by atoms with Crippen molar-refractivity contribution in [2.75, 3.05) is 0 Å². The molecule has 0 aromatic heterocycles. The van der Waals surface area contributed by atoms with Gasteiger partial charge in [-0.3, -0.25) is 5.32 Å². The van der Waals surface area contributed by atoms with Crippen LogP contribution in [0.4, 0.5) is 9.59 Å². The van der Waals surface area contributed by atoms with Gasteiger partial charge in [-0.2, -0.15) is 0 Å². The highest BCUT2D eigenvalue weighted by atomic mass is 16.6. The molecule has 0 aliphatic carbocycles. The third kappa shape index (κ3) is 8.06. The topological polar surface area (TPSA) is 96.9 Å². The van der Waals surface area contributed by atoms with Crippen LogP contribution in [0, 0.1) is 0 Å². The Labute approximate surface area is 136 Å². The van der Waals surface area contributed by atoms with Crippen molar-refractivity contribution in [3.05, 3.63) is 35.9 Å². The number of hydrogen-bond acceptors (Lipinski definition) is 5. The zero-order valence-corrected chi connectivity index (χ0v) is 13.8. The van der Waals surface area contributed by atoms with Crippen LogP contribution in [0.15, 0.2) is 30.3 Å². The molecule has 0 spiro atoms. The molecule has 1 unspecified atom stereocenters. The van der Waals surface area contributed by atoms with E-state index in [1.54, 1.807) is 20.8 Å². The minimum absolute atomic E-state index is 0.120. The Balaban J connectivity index is 2.34. The van der Waals surface area contributed by atoms with Crippen LogP contribution in [0.5, 0.6) is 0 Å². The zero-order chi connectivity index (χ0) is 17.5. The summed E-state index contributed by atoms with van der Waals surface area (Å²) in [5.74, 6) is 0. The molecular formula is C16H24N2O5. The maximum Gasteiger partial charge on any atom is 0.409 e. The number of aliphatic hydroxyl groups excluding tert-OH is 1. The molecule has 0 saturated carbocycles. The van der Waals surface area contributed by atoms with E-state index in [2.05, 4.69) is 10.6 Å². The number of rotatable bonds is 5. The largest absolute Gasteiger partial charge is 0.445 e. The van der Waals surface area contributed by atoms with Gasteiger partial charge >= 0.3 is 12.2 Å². The fourth-order valence-electron chi connectivity index (χ4n) is 1.58. The molecule has 7 heteroatoms. The molecule has 1 aromatic rings. The number of aliphatic hydroxyl groups is 1. The lowest BCUT2D eigenvalue weighted by atomic mass is 10.2. The van der Waals surface area contributed by atoms with Gasteiger partial charge in [0.1, 0.15) is 18.4 Å². The van der Waals surface area contributed by atoms with E-state index in [1.807, 2.05) is 30.3 Å². The Morgan fingerprint density at radius 3 is 2.30 bits per heavy atom. The average molecular weight is 324 g/mol. The van der Waals surface area contributed by atoms with Gasteiger partial charge in [0.2, 0.25) is 0 Å². The minimum Gasteiger partial charge on any atom is -0.445 e. The maximum absolute atomic E-state index is 11.7. The molecule has 1 aromatic carbocycles. The fourth-order valence-corrected chi connectivity index (χ4v) is 1.58. The van der Waals surface area contributed by atoms with Gasteiger partial charge in [-0.05, 0) is 33.3 Å². The molecule has 0 saturated heterocycles. The Morgan fingerprint density at radius 2 is 1.74 bits per heavy atom. The highest BCUT2D eigenvalue weighted by molar-refractivity contribution is 5.69. The van der Waals surface area contributed by atoms with Crippen LogP contribution < -0.4 is 10.6 Å². The second kappa shape index (κ2) is 8.38. The smallest absolute Gasteiger partial charge is 0.409 e. The number of alkyl carbamates (subject to hydrolysis) is 2.